The molecule has 5 nitrogen and oxygen atoms in total. The minimum absolute atomic E-state index is 0.177. The molecule has 0 saturated heterocycles. The Morgan fingerprint density at radius 1 is 1.12 bits per heavy atom. The summed E-state index contributed by atoms with van der Waals surface area (Å²) < 4.78 is 0. The number of imide groups is 1. The van der Waals surface area contributed by atoms with E-state index in [0.717, 1.165) is 6.42 Å². The van der Waals surface area contributed by atoms with Crippen molar-refractivity contribution in [2.75, 3.05) is 7.05 Å². The Morgan fingerprint density at radius 2 is 1.75 bits per heavy atom. The molecule has 0 fully saturated rings. The molecule has 1 aromatic carbocycles. The second-order valence-corrected chi connectivity index (χ2v) is 6.66. The van der Waals surface area contributed by atoms with Crippen LogP contribution in [0, 0.1) is 5.92 Å². The molecule has 134 valence electrons. The number of nitrogens with one attached hydrogen (secondary N) is 2. The number of rotatable bonds is 8. The Bertz CT molecular complexity index is 526. The number of hydrogen-bond acceptors (Lipinski definition) is 2. The number of quaternary nitrogens is 1. The Hall–Kier alpha value is -1.88. The summed E-state index contributed by atoms with van der Waals surface area (Å²) in [5, 5.41) is 6.77. The van der Waals surface area contributed by atoms with Gasteiger partial charge in [0.05, 0.1) is 0 Å². The van der Waals surface area contributed by atoms with Gasteiger partial charge in [-0.2, -0.15) is 0 Å². The summed E-state index contributed by atoms with van der Waals surface area (Å²) in [6, 6.07) is 8.06. The molecule has 0 aromatic heterocycles. The van der Waals surface area contributed by atoms with Gasteiger partial charge in [0, 0.05) is 18.5 Å². The zero-order valence-corrected chi connectivity index (χ0v) is 15.6. The van der Waals surface area contributed by atoms with Gasteiger partial charge in [-0.15, -0.1) is 0 Å². The predicted molar refractivity (Wildman–Crippen MR) is 96.6 cm³/mol. The lowest BCUT2D eigenvalue weighted by Gasteiger charge is -2.23. The quantitative estimate of drug-likeness (QED) is 0.681. The first-order valence-corrected chi connectivity index (χ1v) is 8.85. The maximum atomic E-state index is 12.1. The fourth-order valence-electron chi connectivity index (χ4n) is 2.69. The third kappa shape index (κ3) is 6.32. The fourth-order valence-corrected chi connectivity index (χ4v) is 2.69. The number of amides is 3. The standard InChI is InChI=1S/C19H31N3O2/c1-6-7-8-15-9-11-16(12-10-15)17(13(2)3)21-14(4)18(23)22-19(24)20-5/h9-14,17,21H,6-8H2,1-5H3,(H2,20,22,23,24)/p+1/t14-,17+/m0/s1. The van der Waals surface area contributed by atoms with Gasteiger partial charge in [-0.3, -0.25) is 10.1 Å². The number of aryl methyl sites for hydroxylation is 1. The highest BCUT2D eigenvalue weighted by Gasteiger charge is 2.26. The monoisotopic (exact) mass is 334 g/mol. The summed E-state index contributed by atoms with van der Waals surface area (Å²) in [4.78, 5) is 23.4. The van der Waals surface area contributed by atoms with Crippen LogP contribution in [0.2, 0.25) is 0 Å². The van der Waals surface area contributed by atoms with Crippen LogP contribution in [0.3, 0.4) is 0 Å². The molecule has 0 bridgehead atoms. The summed E-state index contributed by atoms with van der Waals surface area (Å²) in [7, 11) is 1.49. The molecule has 5 heteroatoms. The van der Waals surface area contributed by atoms with Crippen molar-refractivity contribution < 1.29 is 14.9 Å². The molecular formula is C19H32N3O2+. The lowest BCUT2D eigenvalue weighted by Crippen LogP contribution is -2.93. The molecule has 2 atom stereocenters. The van der Waals surface area contributed by atoms with Crippen molar-refractivity contribution in [3.63, 3.8) is 0 Å². The van der Waals surface area contributed by atoms with Crippen LogP contribution < -0.4 is 16.0 Å². The number of nitrogens with two attached hydrogens (primary N) is 1. The highest BCUT2D eigenvalue weighted by molar-refractivity contribution is 5.95. The van der Waals surface area contributed by atoms with Crippen LogP contribution in [0.4, 0.5) is 4.79 Å². The van der Waals surface area contributed by atoms with Crippen LogP contribution in [-0.4, -0.2) is 25.0 Å². The van der Waals surface area contributed by atoms with Crippen molar-refractivity contribution in [3.05, 3.63) is 35.4 Å². The van der Waals surface area contributed by atoms with Gasteiger partial charge in [-0.05, 0) is 25.3 Å². The van der Waals surface area contributed by atoms with Crippen molar-refractivity contribution in [2.24, 2.45) is 5.92 Å². The third-order valence-electron chi connectivity index (χ3n) is 4.28. The molecular weight excluding hydrogens is 302 g/mol. The maximum absolute atomic E-state index is 12.1. The van der Waals surface area contributed by atoms with E-state index in [4.69, 9.17) is 0 Å². The zero-order chi connectivity index (χ0) is 18.1. The van der Waals surface area contributed by atoms with Crippen molar-refractivity contribution in [1.29, 1.82) is 0 Å². The lowest BCUT2D eigenvalue weighted by molar-refractivity contribution is -0.719. The SMILES string of the molecule is CCCCc1ccc([C@H]([NH2+][C@@H](C)C(=O)NC(=O)NC)C(C)C)cc1. The Morgan fingerprint density at radius 3 is 2.25 bits per heavy atom. The predicted octanol–water partition coefficient (Wildman–Crippen LogP) is 2.13. The summed E-state index contributed by atoms with van der Waals surface area (Å²) in [5.41, 5.74) is 2.57. The molecule has 0 aliphatic heterocycles. The van der Waals surface area contributed by atoms with E-state index in [2.05, 4.69) is 55.7 Å². The number of hydrogen-bond donors (Lipinski definition) is 3. The smallest absolute Gasteiger partial charge is 0.321 e. The average molecular weight is 334 g/mol. The Balaban J connectivity index is 2.76. The molecule has 0 aliphatic carbocycles. The van der Waals surface area contributed by atoms with Gasteiger partial charge >= 0.3 is 6.03 Å². The van der Waals surface area contributed by atoms with E-state index >= 15 is 0 Å². The van der Waals surface area contributed by atoms with E-state index in [1.54, 1.807) is 0 Å². The normalized spacial score (nSPS) is 13.4. The van der Waals surface area contributed by atoms with Crippen LogP contribution in [-0.2, 0) is 11.2 Å². The first-order valence-electron chi connectivity index (χ1n) is 8.85. The van der Waals surface area contributed by atoms with Gasteiger partial charge in [0.25, 0.3) is 5.91 Å². The second kappa shape index (κ2) is 10.1. The first kappa shape index (κ1) is 20.2. The topological polar surface area (TPSA) is 74.8 Å². The Kier molecular flexibility index (Phi) is 8.47. The minimum Gasteiger partial charge on any atom is -0.341 e. The van der Waals surface area contributed by atoms with Crippen LogP contribution >= 0.6 is 0 Å². The largest absolute Gasteiger partial charge is 0.341 e. The van der Waals surface area contributed by atoms with Crippen LogP contribution in [0.25, 0.3) is 0 Å². The van der Waals surface area contributed by atoms with E-state index in [-0.39, 0.29) is 18.0 Å². The third-order valence-corrected chi connectivity index (χ3v) is 4.28. The van der Waals surface area contributed by atoms with E-state index in [1.807, 2.05) is 12.2 Å². The molecule has 0 spiro atoms. The first-order chi connectivity index (χ1) is 11.4. The molecule has 0 aliphatic rings. The van der Waals surface area contributed by atoms with Crippen molar-refractivity contribution in [3.8, 4) is 0 Å². The summed E-state index contributed by atoms with van der Waals surface area (Å²) in [5.74, 6) is 0.0984. The molecule has 0 radical (unpaired) electrons. The van der Waals surface area contributed by atoms with Crippen LogP contribution in [0.15, 0.2) is 24.3 Å². The number of carbonyl (C=O) groups excluding carboxylic acids is 2. The molecule has 1 aromatic rings. The van der Waals surface area contributed by atoms with Gasteiger partial charge in [0.2, 0.25) is 0 Å². The van der Waals surface area contributed by atoms with Crippen molar-refractivity contribution >= 4 is 11.9 Å². The lowest BCUT2D eigenvalue weighted by atomic mass is 9.94. The van der Waals surface area contributed by atoms with E-state index in [1.165, 1.54) is 31.0 Å². The van der Waals surface area contributed by atoms with Gasteiger partial charge < -0.3 is 10.6 Å². The molecule has 24 heavy (non-hydrogen) atoms. The minimum atomic E-state index is -0.471. The molecule has 0 saturated carbocycles. The number of unbranched alkanes of at least 4 members (excludes halogenated alkanes) is 1. The highest BCUT2D eigenvalue weighted by atomic mass is 16.2. The highest BCUT2D eigenvalue weighted by Crippen LogP contribution is 2.19. The molecule has 4 N–H and O–H groups in total. The molecule has 0 heterocycles. The summed E-state index contributed by atoms with van der Waals surface area (Å²) in [6.45, 7) is 8.32. The number of carbonyl (C=O) groups is 2. The average Bonchev–Trinajstić information content (AvgIpc) is 2.57. The van der Waals surface area contributed by atoms with E-state index in [0.29, 0.717) is 5.92 Å². The number of urea groups is 1. The zero-order valence-electron chi connectivity index (χ0n) is 15.6. The second-order valence-electron chi connectivity index (χ2n) is 6.66. The molecule has 1 rings (SSSR count). The van der Waals surface area contributed by atoms with Crippen LogP contribution in [0.5, 0.6) is 0 Å². The van der Waals surface area contributed by atoms with Gasteiger partial charge in [0.1, 0.15) is 6.04 Å². The van der Waals surface area contributed by atoms with Gasteiger partial charge in [-0.25, -0.2) is 4.79 Å². The van der Waals surface area contributed by atoms with Crippen molar-refractivity contribution in [1.82, 2.24) is 10.6 Å². The van der Waals surface area contributed by atoms with Crippen molar-refractivity contribution in [2.45, 2.75) is 59.0 Å². The fraction of sp³-hybridized carbons (Fsp3) is 0.579. The Labute approximate surface area is 145 Å². The van der Waals surface area contributed by atoms with Gasteiger partial charge in [-0.1, -0.05) is 51.5 Å². The van der Waals surface area contributed by atoms with E-state index in [9.17, 15) is 9.59 Å². The summed E-state index contributed by atoms with van der Waals surface area (Å²) >= 11 is 0. The maximum Gasteiger partial charge on any atom is 0.321 e. The van der Waals surface area contributed by atoms with E-state index < -0.39 is 6.03 Å². The number of benzene rings is 1. The molecule has 3 amide bonds. The van der Waals surface area contributed by atoms with Gasteiger partial charge in [0.15, 0.2) is 6.04 Å². The molecule has 0 unspecified atom stereocenters. The van der Waals surface area contributed by atoms with Crippen LogP contribution in [0.1, 0.15) is 57.7 Å². The summed E-state index contributed by atoms with van der Waals surface area (Å²) in [6.07, 6.45) is 3.51.